The first kappa shape index (κ1) is 17.0. The zero-order chi connectivity index (χ0) is 15.0. The maximum absolute atomic E-state index is 5.74. The lowest BCUT2D eigenvalue weighted by Gasteiger charge is -2.23. The Morgan fingerprint density at radius 2 is 1.75 bits per heavy atom. The minimum atomic E-state index is 0.242. The molecule has 0 fully saturated rings. The van der Waals surface area contributed by atoms with Gasteiger partial charge in [-0.15, -0.1) is 0 Å². The van der Waals surface area contributed by atoms with Crippen molar-refractivity contribution < 1.29 is 4.74 Å². The second-order valence-corrected chi connectivity index (χ2v) is 6.16. The van der Waals surface area contributed by atoms with E-state index < -0.39 is 0 Å². The highest BCUT2D eigenvalue weighted by molar-refractivity contribution is 5.31. The maximum atomic E-state index is 5.74. The highest BCUT2D eigenvalue weighted by Gasteiger charge is 2.17. The van der Waals surface area contributed by atoms with Crippen LogP contribution in [0.25, 0.3) is 0 Å². The number of nitrogens with zero attached hydrogens (tertiary/aromatic N) is 1. The first-order valence-electron chi connectivity index (χ1n) is 7.54. The molecule has 0 unspecified atom stereocenters. The third-order valence-electron chi connectivity index (χ3n) is 3.80. The van der Waals surface area contributed by atoms with Crippen molar-refractivity contribution in [2.75, 3.05) is 40.3 Å². The number of likely N-dealkylation sites (N-methyl/N-ethyl adjacent to an activating group) is 1. The Balaban J connectivity index is 2.28. The van der Waals surface area contributed by atoms with Crippen molar-refractivity contribution in [1.29, 1.82) is 0 Å². The van der Waals surface area contributed by atoms with E-state index in [1.807, 2.05) is 0 Å². The van der Waals surface area contributed by atoms with Gasteiger partial charge in [0, 0.05) is 19.6 Å². The summed E-state index contributed by atoms with van der Waals surface area (Å²) in [4.78, 5) is 2.17. The fourth-order valence-corrected chi connectivity index (χ4v) is 1.88. The van der Waals surface area contributed by atoms with Crippen molar-refractivity contribution >= 4 is 0 Å². The Kier molecular flexibility index (Phi) is 7.03. The normalized spacial score (nSPS) is 11.9. The molecule has 114 valence electrons. The van der Waals surface area contributed by atoms with Crippen LogP contribution in [0, 0.1) is 0 Å². The smallest absolute Gasteiger partial charge is 0.119 e. The summed E-state index contributed by atoms with van der Waals surface area (Å²) in [6.45, 7) is 10.4. The van der Waals surface area contributed by atoms with Crippen LogP contribution in [0.3, 0.4) is 0 Å². The Labute approximate surface area is 124 Å². The predicted octanol–water partition coefficient (Wildman–Crippen LogP) is 2.90. The Bertz CT molecular complexity index is 371. The van der Waals surface area contributed by atoms with Gasteiger partial charge < -0.3 is 15.0 Å². The summed E-state index contributed by atoms with van der Waals surface area (Å²) in [5.74, 6) is 0.954. The van der Waals surface area contributed by atoms with Gasteiger partial charge in [0.15, 0.2) is 0 Å². The lowest BCUT2D eigenvalue weighted by molar-refractivity contribution is 0.308. The quantitative estimate of drug-likeness (QED) is 0.703. The van der Waals surface area contributed by atoms with Crippen LogP contribution in [0.4, 0.5) is 0 Å². The standard InChI is InChI=1S/C17H30N2O/c1-6-17(2,3)15-7-9-16(10-8-15)20-14-12-18-11-13-19(4)5/h7-10,18H,6,11-14H2,1-5H3. The van der Waals surface area contributed by atoms with Gasteiger partial charge in [0.2, 0.25) is 0 Å². The average molecular weight is 278 g/mol. The summed E-state index contributed by atoms with van der Waals surface area (Å²) in [7, 11) is 4.16. The second-order valence-electron chi connectivity index (χ2n) is 6.16. The van der Waals surface area contributed by atoms with Crippen molar-refractivity contribution in [3.63, 3.8) is 0 Å². The molecule has 0 aromatic heterocycles. The number of benzene rings is 1. The third kappa shape index (κ3) is 5.93. The van der Waals surface area contributed by atoms with Crippen molar-refractivity contribution in [1.82, 2.24) is 10.2 Å². The molecule has 3 heteroatoms. The van der Waals surface area contributed by atoms with E-state index in [0.717, 1.165) is 31.8 Å². The number of nitrogens with one attached hydrogen (secondary N) is 1. The third-order valence-corrected chi connectivity index (χ3v) is 3.80. The van der Waals surface area contributed by atoms with E-state index in [0.29, 0.717) is 6.61 Å². The van der Waals surface area contributed by atoms with Gasteiger partial charge in [0.25, 0.3) is 0 Å². The molecule has 20 heavy (non-hydrogen) atoms. The van der Waals surface area contributed by atoms with Crippen LogP contribution in [-0.2, 0) is 5.41 Å². The van der Waals surface area contributed by atoms with Gasteiger partial charge in [0.05, 0.1) is 0 Å². The number of ether oxygens (including phenoxy) is 1. The Hall–Kier alpha value is -1.06. The Morgan fingerprint density at radius 1 is 1.10 bits per heavy atom. The van der Waals surface area contributed by atoms with Crippen LogP contribution in [0.15, 0.2) is 24.3 Å². The molecule has 0 heterocycles. The van der Waals surface area contributed by atoms with E-state index >= 15 is 0 Å². The molecule has 0 aliphatic carbocycles. The first-order chi connectivity index (χ1) is 9.45. The van der Waals surface area contributed by atoms with Gasteiger partial charge >= 0.3 is 0 Å². The van der Waals surface area contributed by atoms with Gasteiger partial charge in [-0.1, -0.05) is 32.9 Å². The molecule has 1 N–H and O–H groups in total. The van der Waals surface area contributed by atoms with Crippen LogP contribution in [0.5, 0.6) is 5.75 Å². The molecule has 1 rings (SSSR count). The SMILES string of the molecule is CCC(C)(C)c1ccc(OCCNCCN(C)C)cc1. The largest absolute Gasteiger partial charge is 0.492 e. The van der Waals surface area contributed by atoms with Crippen LogP contribution < -0.4 is 10.1 Å². The summed E-state index contributed by atoms with van der Waals surface area (Å²) in [5.41, 5.74) is 1.61. The van der Waals surface area contributed by atoms with Gasteiger partial charge in [-0.05, 0) is 43.6 Å². The molecule has 0 atom stereocenters. The molecule has 1 aromatic rings. The van der Waals surface area contributed by atoms with Crippen molar-refractivity contribution in [2.45, 2.75) is 32.6 Å². The second kappa shape index (κ2) is 8.28. The van der Waals surface area contributed by atoms with E-state index in [2.05, 4.69) is 69.3 Å². The molecule has 0 saturated carbocycles. The first-order valence-corrected chi connectivity index (χ1v) is 7.54. The number of rotatable bonds is 9. The van der Waals surface area contributed by atoms with E-state index in [-0.39, 0.29) is 5.41 Å². The lowest BCUT2D eigenvalue weighted by Crippen LogP contribution is -2.29. The monoisotopic (exact) mass is 278 g/mol. The van der Waals surface area contributed by atoms with Crippen molar-refractivity contribution in [2.24, 2.45) is 0 Å². The van der Waals surface area contributed by atoms with Crippen LogP contribution in [0.1, 0.15) is 32.8 Å². The molecule has 1 aromatic carbocycles. The highest BCUT2D eigenvalue weighted by atomic mass is 16.5. The van der Waals surface area contributed by atoms with Crippen LogP contribution >= 0.6 is 0 Å². The minimum absolute atomic E-state index is 0.242. The Morgan fingerprint density at radius 3 is 2.30 bits per heavy atom. The molecular weight excluding hydrogens is 248 g/mol. The molecule has 0 aliphatic heterocycles. The number of hydrogen-bond acceptors (Lipinski definition) is 3. The zero-order valence-electron chi connectivity index (χ0n) is 13.7. The molecule has 0 spiro atoms. The fourth-order valence-electron chi connectivity index (χ4n) is 1.88. The van der Waals surface area contributed by atoms with E-state index in [1.165, 1.54) is 5.56 Å². The van der Waals surface area contributed by atoms with Gasteiger partial charge in [-0.3, -0.25) is 0 Å². The summed E-state index contributed by atoms with van der Waals surface area (Å²) in [6.07, 6.45) is 1.14. The topological polar surface area (TPSA) is 24.5 Å². The van der Waals surface area contributed by atoms with E-state index in [4.69, 9.17) is 4.74 Å². The summed E-state index contributed by atoms with van der Waals surface area (Å²) in [5, 5.41) is 3.37. The predicted molar refractivity (Wildman–Crippen MR) is 86.7 cm³/mol. The molecule has 0 amide bonds. The summed E-state index contributed by atoms with van der Waals surface area (Å²) >= 11 is 0. The fraction of sp³-hybridized carbons (Fsp3) is 0.647. The van der Waals surface area contributed by atoms with Crippen LogP contribution in [0.2, 0.25) is 0 Å². The molecule has 0 bridgehead atoms. The van der Waals surface area contributed by atoms with Gasteiger partial charge in [-0.2, -0.15) is 0 Å². The van der Waals surface area contributed by atoms with Crippen molar-refractivity contribution in [3.05, 3.63) is 29.8 Å². The molecular formula is C17H30N2O. The lowest BCUT2D eigenvalue weighted by atomic mass is 9.82. The molecule has 0 radical (unpaired) electrons. The minimum Gasteiger partial charge on any atom is -0.492 e. The van der Waals surface area contributed by atoms with Gasteiger partial charge in [-0.25, -0.2) is 0 Å². The van der Waals surface area contributed by atoms with Crippen molar-refractivity contribution in [3.8, 4) is 5.75 Å². The molecule has 0 saturated heterocycles. The average Bonchev–Trinajstić information content (AvgIpc) is 2.43. The molecule has 3 nitrogen and oxygen atoms in total. The highest BCUT2D eigenvalue weighted by Crippen LogP contribution is 2.27. The summed E-state index contributed by atoms with van der Waals surface area (Å²) in [6, 6.07) is 8.51. The van der Waals surface area contributed by atoms with Crippen LogP contribution in [-0.4, -0.2) is 45.2 Å². The maximum Gasteiger partial charge on any atom is 0.119 e. The molecule has 0 aliphatic rings. The number of hydrogen-bond donors (Lipinski definition) is 1. The van der Waals surface area contributed by atoms with Gasteiger partial charge in [0.1, 0.15) is 12.4 Å². The zero-order valence-corrected chi connectivity index (χ0v) is 13.7. The van der Waals surface area contributed by atoms with E-state index in [9.17, 15) is 0 Å². The summed E-state index contributed by atoms with van der Waals surface area (Å²) < 4.78 is 5.74. The van der Waals surface area contributed by atoms with E-state index in [1.54, 1.807) is 0 Å².